The van der Waals surface area contributed by atoms with Gasteiger partial charge in [0.25, 0.3) is 5.69 Å². The lowest BCUT2D eigenvalue weighted by molar-refractivity contribution is -0.385. The van der Waals surface area contributed by atoms with Crippen LogP contribution in [0.5, 0.6) is 0 Å². The maximum atomic E-state index is 14.4. The molecule has 3 aliphatic heterocycles. The number of nitro groups is 1. The molecule has 5 atom stereocenters. The third kappa shape index (κ3) is 4.00. The highest BCUT2D eigenvalue weighted by Gasteiger charge is 2.70. The number of carboxylic acids is 1. The van der Waals surface area contributed by atoms with E-state index in [9.17, 15) is 39.8 Å². The number of aliphatic hydroxyl groups excluding tert-OH is 1. The Labute approximate surface area is 210 Å². The predicted octanol–water partition coefficient (Wildman–Crippen LogP) is 0.306. The lowest BCUT2D eigenvalue weighted by Gasteiger charge is -2.36. The number of aliphatic hydroxyl groups is 2. The van der Waals surface area contributed by atoms with Gasteiger partial charge >= 0.3 is 11.9 Å². The Kier molecular flexibility index (Phi) is 6.67. The summed E-state index contributed by atoms with van der Waals surface area (Å²) in [6.45, 7) is 2.00. The molecule has 2 fully saturated rings. The average Bonchev–Trinajstić information content (AvgIpc) is 3.33. The van der Waals surface area contributed by atoms with Crippen LogP contribution < -0.4 is 5.32 Å². The number of carboxylic acid groups (broad SMARTS) is 1. The van der Waals surface area contributed by atoms with E-state index in [4.69, 9.17) is 14.2 Å². The molecule has 3 heterocycles. The number of nitro benzene ring substituents is 1. The van der Waals surface area contributed by atoms with E-state index in [1.54, 1.807) is 6.92 Å². The van der Waals surface area contributed by atoms with Crippen molar-refractivity contribution >= 4 is 23.4 Å². The van der Waals surface area contributed by atoms with Gasteiger partial charge < -0.3 is 34.8 Å². The number of carbonyl (C=O) groups excluding carboxylic acids is 2. The molecule has 198 valence electrons. The van der Waals surface area contributed by atoms with E-state index in [-0.39, 0.29) is 33.8 Å². The molecule has 4 N–H and O–H groups in total. The minimum Gasteiger partial charge on any atom is -0.481 e. The second-order valence-corrected chi connectivity index (χ2v) is 9.26. The molecule has 0 bridgehead atoms. The molecule has 0 saturated carbocycles. The fraction of sp³-hybridized carbons (Fsp3) is 0.458. The van der Waals surface area contributed by atoms with E-state index >= 15 is 0 Å². The van der Waals surface area contributed by atoms with Gasteiger partial charge in [0, 0.05) is 28.6 Å². The van der Waals surface area contributed by atoms with Gasteiger partial charge in [-0.1, -0.05) is 18.2 Å². The number of para-hydroxylation sites is 1. The Bertz CT molecular complexity index is 1250. The zero-order chi connectivity index (χ0) is 27.3. The van der Waals surface area contributed by atoms with Crippen molar-refractivity contribution in [3.63, 3.8) is 0 Å². The van der Waals surface area contributed by atoms with E-state index in [1.165, 1.54) is 31.2 Å². The first-order valence-corrected chi connectivity index (χ1v) is 11.3. The Balaban J connectivity index is 1.93. The molecule has 2 saturated heterocycles. The zero-order valence-corrected chi connectivity index (χ0v) is 20.2. The summed E-state index contributed by atoms with van der Waals surface area (Å²) in [5.74, 6) is -4.45. The quantitative estimate of drug-likeness (QED) is 0.219. The molecular weight excluding hydrogens is 492 g/mol. The summed E-state index contributed by atoms with van der Waals surface area (Å²) >= 11 is 0. The first kappa shape index (κ1) is 26.4. The second kappa shape index (κ2) is 9.34. The number of nitrogens with one attached hydrogen (secondary N) is 1. The highest BCUT2D eigenvalue weighted by Crippen LogP contribution is 2.50. The number of Topliss-reactive ketones (excluding diaryl/α,β-unsaturated/α-hetero) is 1. The molecule has 3 aliphatic rings. The smallest absolute Gasteiger partial charge is 0.336 e. The van der Waals surface area contributed by atoms with Crippen LogP contribution in [0.25, 0.3) is 0 Å². The van der Waals surface area contributed by atoms with E-state index in [1.807, 2.05) is 0 Å². The second-order valence-electron chi connectivity index (χ2n) is 9.26. The van der Waals surface area contributed by atoms with Gasteiger partial charge in [-0.3, -0.25) is 19.7 Å². The van der Waals surface area contributed by atoms with Gasteiger partial charge in [0.15, 0.2) is 11.4 Å². The van der Waals surface area contributed by atoms with Crippen LogP contribution in [0.1, 0.15) is 31.7 Å². The normalized spacial score (nSPS) is 31.1. The topological polar surface area (TPSA) is 195 Å². The number of fused-ring (bicyclic) bond motifs is 1. The molecule has 4 rings (SSSR count). The standard InChI is InChI=1S/C24H26N2O11/c1-11-17(20(30)24-15(27)9-36-22(24)23(32,10-37-24)8-16(28)29)19(18(12(2)25-11)21(31)35-3)13-6-4-5-7-14(13)26(33)34/h4-7,15,19,22,25,27,32H,8-10H2,1-3H3,(H,28,29)/t15-,19?,22+,23-,24-/m0/s1. The van der Waals surface area contributed by atoms with Gasteiger partial charge in [-0.05, 0) is 13.8 Å². The summed E-state index contributed by atoms with van der Waals surface area (Å²) in [6.07, 6.45) is -3.98. The average molecular weight is 518 g/mol. The molecule has 1 unspecified atom stereocenters. The number of esters is 1. The highest BCUT2D eigenvalue weighted by atomic mass is 16.6. The molecule has 0 spiro atoms. The first-order valence-electron chi connectivity index (χ1n) is 11.3. The van der Waals surface area contributed by atoms with Crippen LogP contribution >= 0.6 is 0 Å². The van der Waals surface area contributed by atoms with Gasteiger partial charge in [0.1, 0.15) is 17.8 Å². The minimum atomic E-state index is -2.23. The SMILES string of the molecule is COC(=O)C1=C(C)NC(C)=C(C(=O)[C@]23OC[C@@](O)(CC(=O)O)[C@H]2OC[C@@H]3O)C1c1ccccc1[N+](=O)[O-]. The lowest BCUT2D eigenvalue weighted by Crippen LogP contribution is -2.58. The summed E-state index contributed by atoms with van der Waals surface area (Å²) in [5.41, 5.74) is -4.46. The Hall–Kier alpha value is -3.65. The van der Waals surface area contributed by atoms with Crippen molar-refractivity contribution in [3.05, 3.63) is 62.5 Å². The number of dihydropyridines is 1. The summed E-state index contributed by atoms with van der Waals surface area (Å²) in [6, 6.07) is 5.58. The maximum absolute atomic E-state index is 14.4. The third-order valence-electron chi connectivity index (χ3n) is 7.02. The number of ether oxygens (including phenoxy) is 3. The number of carbonyl (C=O) groups is 3. The van der Waals surface area contributed by atoms with Gasteiger partial charge in [0.2, 0.25) is 0 Å². The van der Waals surface area contributed by atoms with Crippen LogP contribution in [0.15, 0.2) is 46.8 Å². The Morgan fingerprint density at radius 2 is 1.86 bits per heavy atom. The van der Waals surface area contributed by atoms with E-state index in [0.717, 1.165) is 7.11 Å². The number of hydrogen-bond donors (Lipinski definition) is 4. The van der Waals surface area contributed by atoms with Crippen LogP contribution in [0.3, 0.4) is 0 Å². The van der Waals surface area contributed by atoms with Crippen molar-refractivity contribution in [1.82, 2.24) is 5.32 Å². The van der Waals surface area contributed by atoms with Gasteiger partial charge in [-0.2, -0.15) is 0 Å². The Morgan fingerprint density at radius 1 is 1.22 bits per heavy atom. The van der Waals surface area contributed by atoms with Crippen molar-refractivity contribution in [1.29, 1.82) is 0 Å². The molecule has 0 radical (unpaired) electrons. The van der Waals surface area contributed by atoms with Crippen LogP contribution in [0.4, 0.5) is 5.69 Å². The number of methoxy groups -OCH3 is 1. The highest BCUT2D eigenvalue weighted by molar-refractivity contribution is 6.08. The van der Waals surface area contributed by atoms with Crippen molar-refractivity contribution in [3.8, 4) is 0 Å². The van der Waals surface area contributed by atoms with Crippen LogP contribution in [-0.4, -0.2) is 81.7 Å². The fourth-order valence-corrected chi connectivity index (χ4v) is 5.49. The first-order chi connectivity index (χ1) is 17.4. The van der Waals surface area contributed by atoms with Gasteiger partial charge in [0.05, 0.1) is 43.2 Å². The van der Waals surface area contributed by atoms with Crippen LogP contribution in [-0.2, 0) is 28.6 Å². The molecule has 37 heavy (non-hydrogen) atoms. The van der Waals surface area contributed by atoms with Gasteiger partial charge in [-0.25, -0.2) is 4.79 Å². The summed E-state index contributed by atoms with van der Waals surface area (Å²) < 4.78 is 16.1. The molecule has 13 nitrogen and oxygen atoms in total. The van der Waals surface area contributed by atoms with Gasteiger partial charge in [-0.15, -0.1) is 0 Å². The molecule has 0 aliphatic carbocycles. The van der Waals surface area contributed by atoms with Crippen molar-refractivity contribution in [2.24, 2.45) is 0 Å². The largest absolute Gasteiger partial charge is 0.481 e. The lowest BCUT2D eigenvalue weighted by atomic mass is 9.71. The summed E-state index contributed by atoms with van der Waals surface area (Å²) in [4.78, 5) is 50.0. The maximum Gasteiger partial charge on any atom is 0.336 e. The predicted molar refractivity (Wildman–Crippen MR) is 123 cm³/mol. The molecule has 1 aromatic rings. The number of rotatable bonds is 7. The number of benzene rings is 1. The number of ketones is 1. The molecule has 0 amide bonds. The summed E-state index contributed by atoms with van der Waals surface area (Å²) in [5, 5.41) is 46.1. The van der Waals surface area contributed by atoms with Crippen molar-refractivity contribution < 1.29 is 48.8 Å². The van der Waals surface area contributed by atoms with E-state index in [0.29, 0.717) is 0 Å². The monoisotopic (exact) mass is 518 g/mol. The van der Waals surface area contributed by atoms with Crippen molar-refractivity contribution in [2.45, 2.75) is 49.6 Å². The van der Waals surface area contributed by atoms with Crippen LogP contribution in [0.2, 0.25) is 0 Å². The Morgan fingerprint density at radius 3 is 2.49 bits per heavy atom. The number of nitrogens with zero attached hydrogens (tertiary/aromatic N) is 1. The zero-order valence-electron chi connectivity index (χ0n) is 20.2. The molecular formula is C24H26N2O11. The minimum absolute atomic E-state index is 0.0107. The third-order valence-corrected chi connectivity index (χ3v) is 7.02. The number of allylic oxidation sites excluding steroid dienone is 2. The molecule has 1 aromatic carbocycles. The van der Waals surface area contributed by atoms with E-state index in [2.05, 4.69) is 5.32 Å². The molecule has 13 heteroatoms. The number of aliphatic carboxylic acids is 1. The fourth-order valence-electron chi connectivity index (χ4n) is 5.49. The van der Waals surface area contributed by atoms with Crippen LogP contribution in [0, 0.1) is 10.1 Å². The van der Waals surface area contributed by atoms with E-state index < -0.39 is 71.6 Å². The molecule has 0 aromatic heterocycles. The summed E-state index contributed by atoms with van der Waals surface area (Å²) in [7, 11) is 1.13. The number of hydrogen-bond acceptors (Lipinski definition) is 11. The van der Waals surface area contributed by atoms with Crippen molar-refractivity contribution in [2.75, 3.05) is 20.3 Å².